The van der Waals surface area contributed by atoms with Crippen LogP contribution in [0, 0.1) is 5.41 Å². The standard InChI is InChI=1S/C15H20F3NO2/c1-3-14(4-2,13(20)21)10-19-9-11-7-5-6-8-12(11)15(16,17)18/h5-8,19H,3-4,9-10H2,1-2H3,(H,20,21). The van der Waals surface area contributed by atoms with Crippen molar-refractivity contribution < 1.29 is 23.1 Å². The van der Waals surface area contributed by atoms with Crippen molar-refractivity contribution in [2.75, 3.05) is 6.54 Å². The fourth-order valence-electron chi connectivity index (χ4n) is 2.27. The first-order valence-electron chi connectivity index (χ1n) is 6.86. The number of nitrogens with one attached hydrogen (secondary N) is 1. The van der Waals surface area contributed by atoms with Crippen molar-refractivity contribution in [1.29, 1.82) is 0 Å². The summed E-state index contributed by atoms with van der Waals surface area (Å²) in [5, 5.41) is 12.1. The smallest absolute Gasteiger partial charge is 0.416 e. The van der Waals surface area contributed by atoms with Gasteiger partial charge in [0, 0.05) is 13.1 Å². The van der Waals surface area contributed by atoms with Crippen LogP contribution in [0.1, 0.15) is 37.8 Å². The maximum atomic E-state index is 12.8. The van der Waals surface area contributed by atoms with Crippen LogP contribution in [-0.2, 0) is 17.5 Å². The maximum absolute atomic E-state index is 12.8. The summed E-state index contributed by atoms with van der Waals surface area (Å²) >= 11 is 0. The van der Waals surface area contributed by atoms with Crippen LogP contribution in [0.5, 0.6) is 0 Å². The van der Waals surface area contributed by atoms with E-state index in [2.05, 4.69) is 5.32 Å². The Morgan fingerprint density at radius 3 is 2.24 bits per heavy atom. The van der Waals surface area contributed by atoms with E-state index in [1.54, 1.807) is 13.8 Å². The molecule has 118 valence electrons. The van der Waals surface area contributed by atoms with E-state index >= 15 is 0 Å². The van der Waals surface area contributed by atoms with Gasteiger partial charge in [0.25, 0.3) is 0 Å². The second-order valence-corrected chi connectivity index (χ2v) is 5.05. The highest BCUT2D eigenvalue weighted by atomic mass is 19.4. The zero-order valence-electron chi connectivity index (χ0n) is 12.1. The lowest BCUT2D eigenvalue weighted by molar-refractivity contribution is -0.149. The van der Waals surface area contributed by atoms with Crippen molar-refractivity contribution >= 4 is 5.97 Å². The Balaban J connectivity index is 2.79. The lowest BCUT2D eigenvalue weighted by Gasteiger charge is -2.27. The van der Waals surface area contributed by atoms with Gasteiger partial charge in [-0.3, -0.25) is 4.79 Å². The molecule has 3 nitrogen and oxygen atoms in total. The van der Waals surface area contributed by atoms with Gasteiger partial charge < -0.3 is 10.4 Å². The predicted octanol–water partition coefficient (Wildman–Crippen LogP) is 3.69. The molecule has 0 fully saturated rings. The van der Waals surface area contributed by atoms with Gasteiger partial charge in [-0.2, -0.15) is 13.2 Å². The van der Waals surface area contributed by atoms with Crippen LogP contribution in [0.3, 0.4) is 0 Å². The third-order valence-electron chi connectivity index (χ3n) is 3.91. The molecule has 0 aliphatic carbocycles. The molecule has 0 bridgehead atoms. The Labute approximate surface area is 122 Å². The number of carboxylic acid groups (broad SMARTS) is 1. The van der Waals surface area contributed by atoms with Gasteiger partial charge >= 0.3 is 12.1 Å². The Bertz CT molecular complexity index is 482. The van der Waals surface area contributed by atoms with Crippen molar-refractivity contribution in [1.82, 2.24) is 5.32 Å². The summed E-state index contributed by atoms with van der Waals surface area (Å²) in [5.74, 6) is -0.927. The Morgan fingerprint density at radius 2 is 1.76 bits per heavy atom. The first kappa shape index (κ1) is 17.5. The average molecular weight is 303 g/mol. The zero-order chi connectivity index (χ0) is 16.1. The van der Waals surface area contributed by atoms with Crippen LogP contribution < -0.4 is 5.32 Å². The number of hydrogen-bond acceptors (Lipinski definition) is 2. The Hall–Kier alpha value is -1.56. The topological polar surface area (TPSA) is 49.3 Å². The summed E-state index contributed by atoms with van der Waals surface area (Å²) in [6, 6.07) is 5.31. The first-order chi connectivity index (χ1) is 9.77. The van der Waals surface area contributed by atoms with Gasteiger partial charge in [0.15, 0.2) is 0 Å². The quantitative estimate of drug-likeness (QED) is 0.807. The van der Waals surface area contributed by atoms with Crippen molar-refractivity contribution in [3.8, 4) is 0 Å². The van der Waals surface area contributed by atoms with E-state index in [0.29, 0.717) is 12.8 Å². The summed E-state index contributed by atoms with van der Waals surface area (Å²) in [6.07, 6.45) is -3.56. The molecule has 1 rings (SSSR count). The highest BCUT2D eigenvalue weighted by Gasteiger charge is 2.35. The number of halogens is 3. The van der Waals surface area contributed by atoms with Gasteiger partial charge in [0.1, 0.15) is 0 Å². The molecule has 0 amide bonds. The molecule has 21 heavy (non-hydrogen) atoms. The number of rotatable bonds is 7. The number of benzene rings is 1. The molecule has 0 saturated carbocycles. The van der Waals surface area contributed by atoms with Gasteiger partial charge in [-0.05, 0) is 24.5 Å². The van der Waals surface area contributed by atoms with Gasteiger partial charge in [-0.1, -0.05) is 32.0 Å². The normalized spacial score (nSPS) is 12.4. The molecule has 0 unspecified atom stereocenters. The molecule has 2 N–H and O–H groups in total. The minimum Gasteiger partial charge on any atom is -0.481 e. The molecule has 6 heteroatoms. The fourth-order valence-corrected chi connectivity index (χ4v) is 2.27. The zero-order valence-corrected chi connectivity index (χ0v) is 12.1. The molecular weight excluding hydrogens is 283 g/mol. The summed E-state index contributed by atoms with van der Waals surface area (Å²) < 4.78 is 38.5. The van der Waals surface area contributed by atoms with E-state index in [0.717, 1.165) is 6.07 Å². The maximum Gasteiger partial charge on any atom is 0.416 e. The average Bonchev–Trinajstić information content (AvgIpc) is 2.43. The molecule has 0 aromatic heterocycles. The molecular formula is C15H20F3NO2. The second kappa shape index (κ2) is 6.93. The molecule has 0 aliphatic rings. The number of alkyl halides is 3. The van der Waals surface area contributed by atoms with Gasteiger partial charge in [-0.15, -0.1) is 0 Å². The highest BCUT2D eigenvalue weighted by Crippen LogP contribution is 2.32. The minimum atomic E-state index is -4.41. The predicted molar refractivity (Wildman–Crippen MR) is 73.8 cm³/mol. The highest BCUT2D eigenvalue weighted by molar-refractivity contribution is 5.74. The summed E-state index contributed by atoms with van der Waals surface area (Å²) in [4.78, 5) is 11.3. The van der Waals surface area contributed by atoms with E-state index in [9.17, 15) is 23.1 Å². The third-order valence-corrected chi connectivity index (χ3v) is 3.91. The fraction of sp³-hybridized carbons (Fsp3) is 0.533. The number of hydrogen-bond donors (Lipinski definition) is 2. The monoisotopic (exact) mass is 303 g/mol. The van der Waals surface area contributed by atoms with Crippen LogP contribution in [0.4, 0.5) is 13.2 Å². The number of carboxylic acids is 1. The molecule has 0 aliphatic heterocycles. The molecule has 1 aromatic carbocycles. The van der Waals surface area contributed by atoms with Crippen LogP contribution in [0.2, 0.25) is 0 Å². The summed E-state index contributed by atoms with van der Waals surface area (Å²) in [7, 11) is 0. The SMILES string of the molecule is CCC(CC)(CNCc1ccccc1C(F)(F)F)C(=O)O. The van der Waals surface area contributed by atoms with Crippen molar-refractivity contribution in [2.45, 2.75) is 39.4 Å². The molecule has 0 saturated heterocycles. The molecule has 1 aromatic rings. The molecule has 0 radical (unpaired) electrons. The number of aliphatic carboxylic acids is 1. The largest absolute Gasteiger partial charge is 0.481 e. The van der Waals surface area contributed by atoms with Gasteiger partial charge in [0.05, 0.1) is 11.0 Å². The summed E-state index contributed by atoms with van der Waals surface area (Å²) in [5.41, 5.74) is -1.50. The lowest BCUT2D eigenvalue weighted by Crippen LogP contribution is -2.40. The van der Waals surface area contributed by atoms with Crippen LogP contribution >= 0.6 is 0 Å². The Morgan fingerprint density at radius 1 is 1.19 bits per heavy atom. The van der Waals surface area contributed by atoms with Crippen molar-refractivity contribution in [3.63, 3.8) is 0 Å². The van der Waals surface area contributed by atoms with Crippen molar-refractivity contribution in [3.05, 3.63) is 35.4 Å². The lowest BCUT2D eigenvalue weighted by atomic mass is 9.82. The van der Waals surface area contributed by atoms with Crippen LogP contribution in [-0.4, -0.2) is 17.6 Å². The molecule has 0 atom stereocenters. The van der Waals surface area contributed by atoms with E-state index in [-0.39, 0.29) is 18.7 Å². The van der Waals surface area contributed by atoms with E-state index < -0.39 is 23.1 Å². The molecule has 0 spiro atoms. The third kappa shape index (κ3) is 4.20. The van der Waals surface area contributed by atoms with E-state index in [4.69, 9.17) is 0 Å². The number of carbonyl (C=O) groups is 1. The van der Waals surface area contributed by atoms with Crippen molar-refractivity contribution in [2.24, 2.45) is 5.41 Å². The first-order valence-corrected chi connectivity index (χ1v) is 6.86. The second-order valence-electron chi connectivity index (χ2n) is 5.05. The molecule has 0 heterocycles. The van der Waals surface area contributed by atoms with E-state index in [1.807, 2.05) is 0 Å². The minimum absolute atomic E-state index is 0.00921. The van der Waals surface area contributed by atoms with Gasteiger partial charge in [0.2, 0.25) is 0 Å². The Kier molecular flexibility index (Phi) is 5.78. The van der Waals surface area contributed by atoms with Gasteiger partial charge in [-0.25, -0.2) is 0 Å². The van der Waals surface area contributed by atoms with Crippen LogP contribution in [0.25, 0.3) is 0 Å². The summed E-state index contributed by atoms with van der Waals surface area (Å²) in [6.45, 7) is 3.66. The van der Waals surface area contributed by atoms with Crippen LogP contribution in [0.15, 0.2) is 24.3 Å². The van der Waals surface area contributed by atoms with E-state index in [1.165, 1.54) is 18.2 Å².